The van der Waals surface area contributed by atoms with Gasteiger partial charge in [0.05, 0.1) is 12.3 Å². The van der Waals surface area contributed by atoms with Gasteiger partial charge in [-0.05, 0) is 31.3 Å². The quantitative estimate of drug-likeness (QED) is 0.551. The van der Waals surface area contributed by atoms with Crippen molar-refractivity contribution in [3.63, 3.8) is 0 Å². The van der Waals surface area contributed by atoms with Crippen LogP contribution in [0.1, 0.15) is 51.1 Å². The first kappa shape index (κ1) is 17.6. The third kappa shape index (κ3) is 6.80. The van der Waals surface area contributed by atoms with Crippen LogP contribution in [0, 0.1) is 0 Å². The molecular weight excluding hydrogens is 292 g/mol. The molecule has 1 aromatic heterocycles. The van der Waals surface area contributed by atoms with Crippen LogP contribution in [-0.2, 0) is 6.42 Å². The molecule has 0 atom stereocenters. The highest BCUT2D eigenvalue weighted by Crippen LogP contribution is 2.24. The summed E-state index contributed by atoms with van der Waals surface area (Å²) in [5, 5.41) is 0.562. The fourth-order valence-corrected chi connectivity index (χ4v) is 2.74. The van der Waals surface area contributed by atoms with Crippen LogP contribution in [0.25, 0.3) is 0 Å². The highest BCUT2D eigenvalue weighted by Gasteiger charge is 2.08. The lowest BCUT2D eigenvalue weighted by Gasteiger charge is -2.08. The molecule has 1 heterocycles. The van der Waals surface area contributed by atoms with Crippen LogP contribution in [0.3, 0.4) is 0 Å². The monoisotopic (exact) mass is 316 g/mol. The number of unbranched alkanes of at least 4 members (excludes halogenated alkanes) is 5. The first-order chi connectivity index (χ1) is 9.79. The molecule has 0 spiro atoms. The second kappa shape index (κ2) is 11.2. The average Bonchev–Trinajstić information content (AvgIpc) is 2.47. The summed E-state index contributed by atoms with van der Waals surface area (Å²) in [6, 6.07) is 0. The molecule has 20 heavy (non-hydrogen) atoms. The Morgan fingerprint density at radius 3 is 2.50 bits per heavy atom. The summed E-state index contributed by atoms with van der Waals surface area (Å²) in [4.78, 5) is 8.21. The lowest BCUT2D eigenvalue weighted by Crippen LogP contribution is -2.02. The highest BCUT2D eigenvalue weighted by atomic mass is 35.5. The minimum absolute atomic E-state index is 0.526. The van der Waals surface area contributed by atoms with Gasteiger partial charge in [0.1, 0.15) is 11.3 Å². The summed E-state index contributed by atoms with van der Waals surface area (Å²) in [5.74, 6) is 1.81. The molecule has 0 radical (unpaired) electrons. The molecule has 1 rings (SSSR count). The van der Waals surface area contributed by atoms with Crippen LogP contribution in [0.2, 0.25) is 5.02 Å². The molecule has 0 fully saturated rings. The molecule has 0 unspecified atom stereocenters. The fraction of sp³-hybridized carbons (Fsp3) is 0.733. The molecule has 0 aliphatic rings. The predicted octanol–water partition coefficient (Wildman–Crippen LogP) is 4.77. The molecule has 0 N–H and O–H groups in total. The van der Waals surface area contributed by atoms with Crippen LogP contribution < -0.4 is 4.74 Å². The van der Waals surface area contributed by atoms with Gasteiger partial charge >= 0.3 is 0 Å². The van der Waals surface area contributed by atoms with Crippen molar-refractivity contribution < 1.29 is 4.74 Å². The lowest BCUT2D eigenvalue weighted by atomic mass is 10.1. The lowest BCUT2D eigenvalue weighted by molar-refractivity contribution is 0.292. The van der Waals surface area contributed by atoms with E-state index in [1.165, 1.54) is 44.2 Å². The molecule has 0 amide bonds. The highest BCUT2D eigenvalue weighted by molar-refractivity contribution is 7.98. The Hall–Kier alpha value is -0.480. The Balaban J connectivity index is 2.09. The molecule has 0 aliphatic carbocycles. The van der Waals surface area contributed by atoms with Crippen molar-refractivity contribution in [3.05, 3.63) is 17.0 Å². The maximum atomic E-state index is 6.17. The second-order valence-electron chi connectivity index (χ2n) is 4.76. The Labute approximate surface area is 131 Å². The van der Waals surface area contributed by atoms with E-state index in [4.69, 9.17) is 16.3 Å². The van der Waals surface area contributed by atoms with Gasteiger partial charge in [0.2, 0.25) is 5.88 Å². The summed E-state index contributed by atoms with van der Waals surface area (Å²) < 4.78 is 5.64. The van der Waals surface area contributed by atoms with Gasteiger partial charge in [-0.3, -0.25) is 0 Å². The summed E-state index contributed by atoms with van der Waals surface area (Å²) in [7, 11) is 0. The van der Waals surface area contributed by atoms with Crippen LogP contribution in [0.4, 0.5) is 0 Å². The third-order valence-electron chi connectivity index (χ3n) is 3.15. The summed E-state index contributed by atoms with van der Waals surface area (Å²) in [6.07, 6.45) is 12.1. The minimum atomic E-state index is 0.526. The summed E-state index contributed by atoms with van der Waals surface area (Å²) in [6.45, 7) is 2.71. The Morgan fingerprint density at radius 1 is 1.10 bits per heavy atom. The van der Waals surface area contributed by atoms with Crippen LogP contribution >= 0.6 is 23.4 Å². The van der Waals surface area contributed by atoms with Gasteiger partial charge in [-0.15, -0.1) is 0 Å². The van der Waals surface area contributed by atoms with Crippen molar-refractivity contribution in [2.45, 2.75) is 51.9 Å². The van der Waals surface area contributed by atoms with Crippen molar-refractivity contribution in [2.75, 3.05) is 18.6 Å². The SMILES string of the molecule is CCc1ncnc(OCCCCCCCCSC)c1Cl. The number of ether oxygens (including phenoxy) is 1. The number of aromatic nitrogens is 2. The van der Waals surface area contributed by atoms with Crippen molar-refractivity contribution in [2.24, 2.45) is 0 Å². The number of hydrogen-bond acceptors (Lipinski definition) is 4. The van der Waals surface area contributed by atoms with Crippen molar-refractivity contribution in [3.8, 4) is 5.88 Å². The average molecular weight is 317 g/mol. The molecule has 1 aromatic rings. The van der Waals surface area contributed by atoms with E-state index in [-0.39, 0.29) is 0 Å². The van der Waals surface area contributed by atoms with E-state index in [9.17, 15) is 0 Å². The maximum Gasteiger partial charge on any atom is 0.235 e. The summed E-state index contributed by atoms with van der Waals surface area (Å²) >= 11 is 8.10. The van der Waals surface area contributed by atoms with Gasteiger partial charge in [0.25, 0.3) is 0 Å². The van der Waals surface area contributed by atoms with Crippen LogP contribution in [0.15, 0.2) is 6.33 Å². The fourth-order valence-electron chi connectivity index (χ4n) is 1.96. The number of rotatable bonds is 11. The van der Waals surface area contributed by atoms with Crippen molar-refractivity contribution >= 4 is 23.4 Å². The van der Waals surface area contributed by atoms with Crippen molar-refractivity contribution in [1.82, 2.24) is 9.97 Å². The van der Waals surface area contributed by atoms with Gasteiger partial charge < -0.3 is 4.74 Å². The van der Waals surface area contributed by atoms with E-state index >= 15 is 0 Å². The maximum absolute atomic E-state index is 6.17. The number of nitrogens with zero attached hydrogens (tertiary/aromatic N) is 2. The normalized spacial score (nSPS) is 10.8. The van der Waals surface area contributed by atoms with Gasteiger partial charge in [-0.25, -0.2) is 9.97 Å². The smallest absolute Gasteiger partial charge is 0.235 e. The van der Waals surface area contributed by atoms with Gasteiger partial charge in [0.15, 0.2) is 0 Å². The molecule has 0 aliphatic heterocycles. The van der Waals surface area contributed by atoms with E-state index in [0.717, 1.165) is 18.5 Å². The number of aryl methyl sites for hydroxylation is 1. The third-order valence-corrected chi connectivity index (χ3v) is 4.22. The zero-order valence-corrected chi connectivity index (χ0v) is 14.1. The molecule has 3 nitrogen and oxygen atoms in total. The summed E-state index contributed by atoms with van der Waals surface area (Å²) in [5.41, 5.74) is 0.852. The molecule has 114 valence electrons. The number of thioether (sulfide) groups is 1. The van der Waals surface area contributed by atoms with E-state index in [0.29, 0.717) is 17.5 Å². The molecule has 5 heteroatoms. The van der Waals surface area contributed by atoms with Gasteiger partial charge in [-0.2, -0.15) is 11.8 Å². The van der Waals surface area contributed by atoms with Crippen LogP contribution in [-0.4, -0.2) is 28.6 Å². The molecule has 0 bridgehead atoms. The van der Waals surface area contributed by atoms with Crippen LogP contribution in [0.5, 0.6) is 5.88 Å². The van der Waals surface area contributed by atoms with E-state index in [1.54, 1.807) is 0 Å². The van der Waals surface area contributed by atoms with Gasteiger partial charge in [-0.1, -0.05) is 44.2 Å². The standard InChI is InChI=1S/C15H25ClN2OS/c1-3-13-14(16)15(18-12-17-13)19-10-8-6-4-5-7-9-11-20-2/h12H,3-11H2,1-2H3. The second-order valence-corrected chi connectivity index (χ2v) is 6.12. The Kier molecular flexibility index (Phi) is 9.85. The first-order valence-corrected chi connectivity index (χ1v) is 9.17. The largest absolute Gasteiger partial charge is 0.477 e. The molecule has 0 aromatic carbocycles. The van der Waals surface area contributed by atoms with E-state index in [1.807, 2.05) is 18.7 Å². The number of halogens is 1. The molecular formula is C15H25ClN2OS. The first-order valence-electron chi connectivity index (χ1n) is 7.40. The zero-order chi connectivity index (χ0) is 14.6. The van der Waals surface area contributed by atoms with Gasteiger partial charge in [0, 0.05) is 0 Å². The Morgan fingerprint density at radius 2 is 1.80 bits per heavy atom. The van der Waals surface area contributed by atoms with Crippen molar-refractivity contribution in [1.29, 1.82) is 0 Å². The van der Waals surface area contributed by atoms with E-state index in [2.05, 4.69) is 16.2 Å². The van der Waals surface area contributed by atoms with E-state index < -0.39 is 0 Å². The topological polar surface area (TPSA) is 35.0 Å². The Bertz CT molecular complexity index is 377. The molecule has 0 saturated heterocycles. The predicted molar refractivity (Wildman–Crippen MR) is 88.0 cm³/mol. The zero-order valence-electron chi connectivity index (χ0n) is 12.5. The minimum Gasteiger partial charge on any atom is -0.477 e. The molecule has 0 saturated carbocycles. The number of hydrogen-bond donors (Lipinski definition) is 0.